The van der Waals surface area contributed by atoms with Crippen molar-refractivity contribution in [3.63, 3.8) is 0 Å². The van der Waals surface area contributed by atoms with Gasteiger partial charge in [0.05, 0.1) is 7.11 Å². The van der Waals surface area contributed by atoms with Crippen molar-refractivity contribution in [2.75, 3.05) is 7.11 Å². The Balaban J connectivity index is 2.16. The van der Waals surface area contributed by atoms with Gasteiger partial charge in [0.15, 0.2) is 0 Å². The van der Waals surface area contributed by atoms with Gasteiger partial charge in [-0.05, 0) is 57.4 Å². The van der Waals surface area contributed by atoms with E-state index in [9.17, 15) is 9.59 Å². The van der Waals surface area contributed by atoms with Crippen molar-refractivity contribution < 1.29 is 14.3 Å². The van der Waals surface area contributed by atoms with Crippen molar-refractivity contribution in [1.29, 1.82) is 0 Å². The zero-order chi connectivity index (χ0) is 21.4. The van der Waals surface area contributed by atoms with Gasteiger partial charge in [0.2, 0.25) is 11.8 Å². The summed E-state index contributed by atoms with van der Waals surface area (Å²) in [5, 5.41) is 2.98. The second kappa shape index (κ2) is 10.1. The van der Waals surface area contributed by atoms with Crippen LogP contribution in [0.4, 0.5) is 0 Å². The Bertz CT molecular complexity index is 795. The van der Waals surface area contributed by atoms with Crippen LogP contribution in [0.5, 0.6) is 5.75 Å². The Morgan fingerprint density at radius 3 is 2.17 bits per heavy atom. The zero-order valence-electron chi connectivity index (χ0n) is 18.1. The van der Waals surface area contributed by atoms with Gasteiger partial charge in [0, 0.05) is 18.5 Å². The highest BCUT2D eigenvalue weighted by atomic mass is 16.5. The molecule has 2 aromatic rings. The van der Waals surface area contributed by atoms with Gasteiger partial charge in [-0.3, -0.25) is 9.59 Å². The number of benzene rings is 2. The van der Waals surface area contributed by atoms with Crippen molar-refractivity contribution >= 4 is 11.8 Å². The molecule has 0 saturated carbocycles. The molecule has 0 aliphatic carbocycles. The summed E-state index contributed by atoms with van der Waals surface area (Å²) < 4.78 is 5.21. The van der Waals surface area contributed by atoms with E-state index in [1.165, 1.54) is 0 Å². The number of nitrogens with zero attached hydrogens (tertiary/aromatic N) is 1. The summed E-state index contributed by atoms with van der Waals surface area (Å²) in [6.45, 7) is 7.95. The quantitative estimate of drug-likeness (QED) is 0.735. The molecular formula is C24H32N2O3. The molecule has 5 heteroatoms. The van der Waals surface area contributed by atoms with Crippen LogP contribution in [-0.4, -0.2) is 35.4 Å². The van der Waals surface area contributed by atoms with Gasteiger partial charge in [-0.2, -0.15) is 0 Å². The van der Waals surface area contributed by atoms with Gasteiger partial charge in [0.1, 0.15) is 11.8 Å². The molecule has 0 unspecified atom stereocenters. The van der Waals surface area contributed by atoms with Crippen molar-refractivity contribution in [2.45, 2.75) is 58.7 Å². The maximum atomic E-state index is 13.1. The van der Waals surface area contributed by atoms with E-state index in [2.05, 4.69) is 5.32 Å². The Morgan fingerprint density at radius 2 is 1.62 bits per heavy atom. The molecule has 0 aliphatic heterocycles. The van der Waals surface area contributed by atoms with Crippen LogP contribution in [0.25, 0.3) is 0 Å². The number of carbonyl (C=O) groups is 2. The van der Waals surface area contributed by atoms with Crippen LogP contribution >= 0.6 is 0 Å². The molecule has 2 rings (SSSR count). The number of methoxy groups -OCH3 is 1. The van der Waals surface area contributed by atoms with Crippen LogP contribution < -0.4 is 10.1 Å². The van der Waals surface area contributed by atoms with Gasteiger partial charge in [-0.15, -0.1) is 0 Å². The molecule has 0 spiro atoms. The van der Waals surface area contributed by atoms with E-state index in [1.807, 2.05) is 75.4 Å². The normalized spacial score (nSPS) is 12.2. The highest BCUT2D eigenvalue weighted by molar-refractivity contribution is 5.87. The summed E-state index contributed by atoms with van der Waals surface area (Å²) in [4.78, 5) is 27.5. The van der Waals surface area contributed by atoms with Crippen LogP contribution in [0.15, 0.2) is 54.6 Å². The van der Waals surface area contributed by atoms with E-state index in [4.69, 9.17) is 4.74 Å². The van der Waals surface area contributed by atoms with Crippen molar-refractivity contribution in [3.05, 3.63) is 65.7 Å². The minimum absolute atomic E-state index is 0.0405. The first-order chi connectivity index (χ1) is 13.7. The molecule has 2 aromatic carbocycles. The Hall–Kier alpha value is -2.82. The van der Waals surface area contributed by atoms with Crippen LogP contribution in [0.3, 0.4) is 0 Å². The molecule has 156 valence electrons. The summed E-state index contributed by atoms with van der Waals surface area (Å²) >= 11 is 0. The number of carbonyl (C=O) groups excluding carboxylic acids is 2. The predicted octanol–water partition coefficient (Wildman–Crippen LogP) is 3.96. The standard InChI is InChI=1S/C24H32N2O3/c1-18(23(28)25-24(2,3)4)26(17-20-11-14-21(29-5)15-12-20)22(27)16-13-19-9-7-6-8-10-19/h6-12,14-15,18H,13,16-17H2,1-5H3,(H,25,28)/t18-/m1/s1. The number of hydrogen-bond donors (Lipinski definition) is 1. The van der Waals surface area contributed by atoms with E-state index in [-0.39, 0.29) is 17.4 Å². The fourth-order valence-corrected chi connectivity index (χ4v) is 3.02. The molecular weight excluding hydrogens is 364 g/mol. The molecule has 0 fully saturated rings. The van der Waals surface area contributed by atoms with Gasteiger partial charge < -0.3 is 15.0 Å². The number of ether oxygens (including phenoxy) is 1. The summed E-state index contributed by atoms with van der Waals surface area (Å²) in [7, 11) is 1.62. The summed E-state index contributed by atoms with van der Waals surface area (Å²) in [5.74, 6) is 0.564. The first kappa shape index (κ1) is 22.5. The number of nitrogens with one attached hydrogen (secondary N) is 1. The van der Waals surface area contributed by atoms with Gasteiger partial charge >= 0.3 is 0 Å². The first-order valence-electron chi connectivity index (χ1n) is 9.98. The second-order valence-corrected chi connectivity index (χ2v) is 8.27. The lowest BCUT2D eigenvalue weighted by atomic mass is 10.1. The second-order valence-electron chi connectivity index (χ2n) is 8.27. The third kappa shape index (κ3) is 7.26. The topological polar surface area (TPSA) is 58.6 Å². The lowest BCUT2D eigenvalue weighted by molar-refractivity contribution is -0.141. The molecule has 2 amide bonds. The van der Waals surface area contributed by atoms with Gasteiger partial charge in [0.25, 0.3) is 0 Å². The molecule has 29 heavy (non-hydrogen) atoms. The Labute approximate surface area is 174 Å². The molecule has 0 aromatic heterocycles. The smallest absolute Gasteiger partial charge is 0.242 e. The maximum Gasteiger partial charge on any atom is 0.242 e. The molecule has 0 radical (unpaired) electrons. The Morgan fingerprint density at radius 1 is 1.00 bits per heavy atom. The van der Waals surface area contributed by atoms with Crippen LogP contribution in [-0.2, 0) is 22.6 Å². The summed E-state index contributed by atoms with van der Waals surface area (Å²) in [6, 6.07) is 16.9. The number of rotatable bonds is 8. The molecule has 0 saturated heterocycles. The molecule has 5 nitrogen and oxygen atoms in total. The molecule has 0 aliphatic rings. The minimum Gasteiger partial charge on any atom is -0.497 e. The maximum absolute atomic E-state index is 13.1. The molecule has 1 atom stereocenters. The van der Waals surface area contributed by atoms with Gasteiger partial charge in [-0.1, -0.05) is 42.5 Å². The van der Waals surface area contributed by atoms with Crippen molar-refractivity contribution in [1.82, 2.24) is 10.2 Å². The summed E-state index contributed by atoms with van der Waals surface area (Å²) in [6.07, 6.45) is 1.000. The van der Waals surface area contributed by atoms with E-state index in [1.54, 1.807) is 18.9 Å². The van der Waals surface area contributed by atoms with Crippen LogP contribution in [0, 0.1) is 0 Å². The third-order valence-corrected chi connectivity index (χ3v) is 4.65. The average Bonchev–Trinajstić information content (AvgIpc) is 2.69. The molecule has 0 bridgehead atoms. The molecule has 0 heterocycles. The predicted molar refractivity (Wildman–Crippen MR) is 116 cm³/mol. The third-order valence-electron chi connectivity index (χ3n) is 4.65. The van der Waals surface area contributed by atoms with E-state index in [0.29, 0.717) is 19.4 Å². The molecule has 1 N–H and O–H groups in total. The highest BCUT2D eigenvalue weighted by Crippen LogP contribution is 2.17. The highest BCUT2D eigenvalue weighted by Gasteiger charge is 2.28. The van der Waals surface area contributed by atoms with Crippen molar-refractivity contribution in [2.24, 2.45) is 0 Å². The van der Waals surface area contributed by atoms with Crippen molar-refractivity contribution in [3.8, 4) is 5.75 Å². The van der Waals surface area contributed by atoms with E-state index in [0.717, 1.165) is 16.9 Å². The van der Waals surface area contributed by atoms with Crippen LogP contribution in [0.2, 0.25) is 0 Å². The van der Waals surface area contributed by atoms with Crippen LogP contribution in [0.1, 0.15) is 45.2 Å². The van der Waals surface area contributed by atoms with E-state index < -0.39 is 6.04 Å². The zero-order valence-corrected chi connectivity index (χ0v) is 18.1. The number of hydrogen-bond acceptors (Lipinski definition) is 3. The van der Waals surface area contributed by atoms with Gasteiger partial charge in [-0.25, -0.2) is 0 Å². The minimum atomic E-state index is -0.570. The summed E-state index contributed by atoms with van der Waals surface area (Å²) in [5.41, 5.74) is 1.70. The fourth-order valence-electron chi connectivity index (χ4n) is 3.02. The fraction of sp³-hybridized carbons (Fsp3) is 0.417. The first-order valence-corrected chi connectivity index (χ1v) is 9.98. The lowest BCUT2D eigenvalue weighted by Gasteiger charge is -2.31. The SMILES string of the molecule is COc1ccc(CN(C(=O)CCc2ccccc2)[C@H](C)C(=O)NC(C)(C)C)cc1. The largest absolute Gasteiger partial charge is 0.497 e. The lowest BCUT2D eigenvalue weighted by Crippen LogP contribution is -2.52. The average molecular weight is 397 g/mol. The monoisotopic (exact) mass is 396 g/mol. The Kier molecular flexibility index (Phi) is 7.82. The van der Waals surface area contributed by atoms with E-state index >= 15 is 0 Å². The number of amides is 2. The number of aryl methyl sites for hydroxylation is 1.